The van der Waals surface area contributed by atoms with Crippen molar-refractivity contribution in [3.63, 3.8) is 0 Å². The third-order valence-corrected chi connectivity index (χ3v) is 25.6. The SMILES string of the molecule is Brc1ccc(-c2ccc(-c3c4ccccc4c(-c4ccccc4)c4ccccc34)cc2)cc1.c1ccc(-c2c3ccccc3c(-c3ccc(-c4ccc(N(c5ccccc5)c5ccc(-c6ccc7c(c6)c6ccccc6n7-c6ccccc6)cc5)cc4)cc3)c3ccccc23)cc1.c1ccc(Nc2ccc(-c3ccc4c(c3)c3ccccc3n4-c3ccccc3)cc2)cc1. The molecule has 608 valence electrons. The fourth-order valence-electron chi connectivity index (χ4n) is 19.1. The molecular formula is C124H85BrN4. The van der Waals surface area contributed by atoms with Crippen LogP contribution < -0.4 is 10.2 Å². The van der Waals surface area contributed by atoms with Gasteiger partial charge in [0.25, 0.3) is 0 Å². The molecule has 0 radical (unpaired) electrons. The third-order valence-electron chi connectivity index (χ3n) is 25.1. The Bertz CT molecular complexity index is 8050. The van der Waals surface area contributed by atoms with Gasteiger partial charge in [-0.05, 0) is 266 Å². The molecular weight excluding hydrogens is 1630 g/mol. The molecule has 0 aliphatic carbocycles. The van der Waals surface area contributed by atoms with Gasteiger partial charge in [0, 0.05) is 65.8 Å². The average Bonchev–Trinajstić information content (AvgIpc) is 1.71. The van der Waals surface area contributed by atoms with Crippen molar-refractivity contribution >= 4 is 131 Å². The highest BCUT2D eigenvalue weighted by molar-refractivity contribution is 9.10. The highest BCUT2D eigenvalue weighted by atomic mass is 79.9. The van der Waals surface area contributed by atoms with Gasteiger partial charge in [0.15, 0.2) is 0 Å². The minimum absolute atomic E-state index is 1.08. The molecule has 0 amide bonds. The molecule has 24 aromatic rings. The molecule has 4 nitrogen and oxygen atoms in total. The Morgan fingerprint density at radius 2 is 0.388 bits per heavy atom. The molecule has 0 fully saturated rings. The van der Waals surface area contributed by atoms with Crippen LogP contribution in [0.2, 0.25) is 0 Å². The van der Waals surface area contributed by atoms with E-state index in [0.29, 0.717) is 0 Å². The summed E-state index contributed by atoms with van der Waals surface area (Å²) in [4.78, 5) is 2.34. The van der Waals surface area contributed by atoms with Gasteiger partial charge in [-0.3, -0.25) is 0 Å². The van der Waals surface area contributed by atoms with Crippen molar-refractivity contribution in [1.29, 1.82) is 0 Å². The maximum Gasteiger partial charge on any atom is 0.0541 e. The minimum atomic E-state index is 1.08. The summed E-state index contributed by atoms with van der Waals surface area (Å²) in [7, 11) is 0. The Labute approximate surface area is 759 Å². The number of aromatic nitrogens is 2. The second-order valence-corrected chi connectivity index (χ2v) is 33.7. The van der Waals surface area contributed by atoms with E-state index in [0.717, 1.165) is 32.9 Å². The normalized spacial score (nSPS) is 11.3. The summed E-state index contributed by atoms with van der Waals surface area (Å²) in [6, 6.07) is 183. The van der Waals surface area contributed by atoms with E-state index in [9.17, 15) is 0 Å². The Hall–Kier alpha value is -16.4. The summed E-state index contributed by atoms with van der Waals surface area (Å²) in [6.07, 6.45) is 0. The molecule has 0 aliphatic heterocycles. The molecule has 0 spiro atoms. The lowest BCUT2D eigenvalue weighted by atomic mass is 9.86. The number of hydrogen-bond acceptors (Lipinski definition) is 2. The van der Waals surface area contributed by atoms with Crippen LogP contribution in [-0.4, -0.2) is 9.13 Å². The zero-order chi connectivity index (χ0) is 85.9. The Kier molecular flexibility index (Phi) is 21.3. The topological polar surface area (TPSA) is 25.1 Å². The molecule has 0 atom stereocenters. The van der Waals surface area contributed by atoms with Gasteiger partial charge in [-0.15, -0.1) is 0 Å². The lowest BCUT2D eigenvalue weighted by Gasteiger charge is -2.26. The Morgan fingerprint density at radius 1 is 0.163 bits per heavy atom. The van der Waals surface area contributed by atoms with Gasteiger partial charge in [-0.1, -0.05) is 392 Å². The minimum Gasteiger partial charge on any atom is -0.356 e. The molecule has 2 aromatic heterocycles. The largest absolute Gasteiger partial charge is 0.356 e. The van der Waals surface area contributed by atoms with Crippen molar-refractivity contribution in [3.05, 3.63) is 514 Å². The van der Waals surface area contributed by atoms with Crippen LogP contribution in [0.4, 0.5) is 28.4 Å². The number of nitrogens with zero attached hydrogens (tertiary/aromatic N) is 3. The maximum atomic E-state index is 3.53. The van der Waals surface area contributed by atoms with Crippen LogP contribution in [0.25, 0.3) is 187 Å². The van der Waals surface area contributed by atoms with Crippen molar-refractivity contribution in [3.8, 4) is 100 Å². The zero-order valence-electron chi connectivity index (χ0n) is 70.7. The van der Waals surface area contributed by atoms with E-state index in [4.69, 9.17) is 0 Å². The van der Waals surface area contributed by atoms with Crippen molar-refractivity contribution in [1.82, 2.24) is 9.13 Å². The molecule has 0 saturated heterocycles. The molecule has 0 saturated carbocycles. The predicted octanol–water partition coefficient (Wildman–Crippen LogP) is 35.2. The first-order valence-corrected chi connectivity index (χ1v) is 44.8. The van der Waals surface area contributed by atoms with Crippen LogP contribution in [0, 0.1) is 0 Å². The van der Waals surface area contributed by atoms with E-state index in [1.807, 2.05) is 18.2 Å². The lowest BCUT2D eigenvalue weighted by Crippen LogP contribution is -2.09. The molecule has 129 heavy (non-hydrogen) atoms. The Morgan fingerprint density at radius 3 is 0.736 bits per heavy atom. The summed E-state index contributed by atoms with van der Waals surface area (Å²) in [6.45, 7) is 0. The second kappa shape index (κ2) is 34.9. The standard InChI is InChI=1S/C62H42N2.C32H21Br.C30H22N2/c1-4-16-46(17-5-1)61-54-23-10-12-25-56(54)62(57-26-13-11-24-55(57)61)47-30-28-43(29-31-47)44-32-37-51(38-33-44)63(49-18-6-2-7-19-49)52-39-34-45(35-40-52)48-36-41-60-58(42-48)53-22-14-15-27-59(53)64(60)50-20-8-3-9-21-50;33-26-20-18-23(19-21-26)22-14-16-25(17-15-22)32-29-12-6-4-10-27(29)31(24-8-2-1-3-9-24)28-11-5-7-13-30(28)32;1-3-9-24(10-4-1)31-25-18-15-22(16-19-25)23-17-20-30-28(21-23)27-13-7-8-14-29(27)32(30)26-11-5-2-6-12-26/h1-42H;1-21H;1-21,31H. The number of anilines is 5. The van der Waals surface area contributed by atoms with Crippen LogP contribution in [0.3, 0.4) is 0 Å². The molecule has 5 heteroatoms. The fourth-order valence-corrected chi connectivity index (χ4v) is 19.4. The zero-order valence-corrected chi connectivity index (χ0v) is 72.3. The Balaban J connectivity index is 0.000000126. The number of nitrogens with one attached hydrogen (secondary N) is 1. The molecule has 0 bridgehead atoms. The average molecular weight is 1710 g/mol. The van der Waals surface area contributed by atoms with E-state index >= 15 is 0 Å². The third kappa shape index (κ3) is 15.3. The van der Waals surface area contributed by atoms with Gasteiger partial charge in [-0.2, -0.15) is 0 Å². The van der Waals surface area contributed by atoms with E-state index in [2.05, 4.69) is 527 Å². The maximum absolute atomic E-state index is 3.53. The van der Waals surface area contributed by atoms with E-state index < -0.39 is 0 Å². The van der Waals surface area contributed by atoms with Crippen molar-refractivity contribution < 1.29 is 0 Å². The highest BCUT2D eigenvalue weighted by Crippen LogP contribution is 2.48. The van der Waals surface area contributed by atoms with Gasteiger partial charge >= 0.3 is 0 Å². The van der Waals surface area contributed by atoms with Crippen LogP contribution in [0.15, 0.2) is 514 Å². The quantitative estimate of drug-likeness (QED) is 0.104. The van der Waals surface area contributed by atoms with Gasteiger partial charge in [0.1, 0.15) is 0 Å². The van der Waals surface area contributed by atoms with Crippen molar-refractivity contribution in [2.24, 2.45) is 0 Å². The second-order valence-electron chi connectivity index (χ2n) is 32.7. The van der Waals surface area contributed by atoms with Gasteiger partial charge < -0.3 is 19.4 Å². The van der Waals surface area contributed by atoms with Crippen LogP contribution in [-0.2, 0) is 0 Å². The van der Waals surface area contributed by atoms with Gasteiger partial charge in [-0.25, -0.2) is 0 Å². The molecule has 24 rings (SSSR count). The van der Waals surface area contributed by atoms with Gasteiger partial charge in [0.2, 0.25) is 0 Å². The number of para-hydroxylation sites is 6. The van der Waals surface area contributed by atoms with E-state index in [1.54, 1.807) is 0 Å². The summed E-state index contributed by atoms with van der Waals surface area (Å²) in [5, 5.41) is 18.7. The number of rotatable bonds is 15. The first kappa shape index (κ1) is 78.5. The summed E-state index contributed by atoms with van der Waals surface area (Å²) in [5.41, 5.74) is 32.4. The van der Waals surface area contributed by atoms with E-state index in [1.165, 1.54) is 187 Å². The first-order valence-electron chi connectivity index (χ1n) is 44.0. The molecule has 22 aromatic carbocycles. The fraction of sp³-hybridized carbons (Fsp3) is 0. The number of hydrogen-bond donors (Lipinski definition) is 1. The number of benzene rings is 22. The predicted molar refractivity (Wildman–Crippen MR) is 554 cm³/mol. The smallest absolute Gasteiger partial charge is 0.0541 e. The van der Waals surface area contributed by atoms with Gasteiger partial charge in [0.05, 0.1) is 22.1 Å². The molecule has 1 N–H and O–H groups in total. The number of halogens is 1. The van der Waals surface area contributed by atoms with Crippen LogP contribution in [0.5, 0.6) is 0 Å². The van der Waals surface area contributed by atoms with Crippen LogP contribution in [0.1, 0.15) is 0 Å². The van der Waals surface area contributed by atoms with E-state index in [-0.39, 0.29) is 0 Å². The summed E-state index contributed by atoms with van der Waals surface area (Å²) in [5.74, 6) is 0. The summed E-state index contributed by atoms with van der Waals surface area (Å²) >= 11 is 3.53. The molecule has 0 unspecified atom stereocenters. The highest BCUT2D eigenvalue weighted by Gasteiger charge is 2.22. The molecule has 2 heterocycles. The van der Waals surface area contributed by atoms with Crippen molar-refractivity contribution in [2.75, 3.05) is 10.2 Å². The summed E-state index contributed by atoms with van der Waals surface area (Å²) < 4.78 is 5.81. The number of fused-ring (bicyclic) bond motifs is 10. The monoisotopic (exact) mass is 1710 g/mol. The first-order chi connectivity index (χ1) is 63.9. The molecule has 0 aliphatic rings. The lowest BCUT2D eigenvalue weighted by molar-refractivity contribution is 1.18. The van der Waals surface area contributed by atoms with Crippen LogP contribution >= 0.6 is 15.9 Å². The van der Waals surface area contributed by atoms with Crippen molar-refractivity contribution in [2.45, 2.75) is 0 Å².